The second kappa shape index (κ2) is 4.72. The Kier molecular flexibility index (Phi) is 3.11. The van der Waals surface area contributed by atoms with Gasteiger partial charge in [-0.15, -0.1) is 11.8 Å². The molecule has 2 rings (SSSR count). The van der Waals surface area contributed by atoms with Gasteiger partial charge in [0.1, 0.15) is 0 Å². The molecule has 0 atom stereocenters. The highest BCUT2D eigenvalue weighted by Crippen LogP contribution is 2.25. The molecule has 15 heavy (non-hydrogen) atoms. The summed E-state index contributed by atoms with van der Waals surface area (Å²) < 4.78 is 2.06. The Labute approximate surface area is 93.2 Å². The Morgan fingerprint density at radius 2 is 1.87 bits per heavy atom. The number of rotatable bonds is 3. The summed E-state index contributed by atoms with van der Waals surface area (Å²) in [7, 11) is 0. The van der Waals surface area contributed by atoms with Crippen LogP contribution in [-0.4, -0.2) is 10.3 Å². The standard InChI is InChI=1S/C12H10N2S/c13-7-10-15-12-6-2-1-5-11(12)14-8-3-4-9-14/h1-6,8-9H,10H2. The summed E-state index contributed by atoms with van der Waals surface area (Å²) in [4.78, 5) is 1.13. The number of nitriles is 1. The zero-order chi connectivity index (χ0) is 10.5. The van der Waals surface area contributed by atoms with Gasteiger partial charge in [-0.25, -0.2) is 0 Å². The molecule has 1 aromatic carbocycles. The average molecular weight is 214 g/mol. The maximum Gasteiger partial charge on any atom is 0.0856 e. The van der Waals surface area contributed by atoms with Gasteiger partial charge in [-0.05, 0) is 24.3 Å². The number of hydrogen-bond donors (Lipinski definition) is 0. The molecule has 2 nitrogen and oxygen atoms in total. The van der Waals surface area contributed by atoms with Gasteiger partial charge in [0, 0.05) is 17.3 Å². The molecule has 0 spiro atoms. The fourth-order valence-electron chi connectivity index (χ4n) is 1.40. The first-order valence-corrected chi connectivity index (χ1v) is 5.62. The van der Waals surface area contributed by atoms with Crippen molar-refractivity contribution in [2.45, 2.75) is 4.90 Å². The highest BCUT2D eigenvalue weighted by molar-refractivity contribution is 7.99. The zero-order valence-electron chi connectivity index (χ0n) is 8.13. The van der Waals surface area contributed by atoms with Crippen molar-refractivity contribution < 1.29 is 0 Å². The molecular formula is C12H10N2S. The van der Waals surface area contributed by atoms with Crippen molar-refractivity contribution in [2.24, 2.45) is 0 Å². The first-order valence-electron chi connectivity index (χ1n) is 4.64. The maximum atomic E-state index is 8.57. The quantitative estimate of drug-likeness (QED) is 0.734. The van der Waals surface area contributed by atoms with Crippen molar-refractivity contribution in [1.29, 1.82) is 5.26 Å². The summed E-state index contributed by atoms with van der Waals surface area (Å²) in [6.45, 7) is 0. The minimum atomic E-state index is 0.484. The molecule has 0 radical (unpaired) electrons. The second-order valence-corrected chi connectivity index (χ2v) is 4.02. The molecule has 0 amide bonds. The molecular weight excluding hydrogens is 204 g/mol. The van der Waals surface area contributed by atoms with Crippen LogP contribution >= 0.6 is 11.8 Å². The molecule has 74 valence electrons. The lowest BCUT2D eigenvalue weighted by molar-refractivity contribution is 1.04. The molecule has 3 heteroatoms. The number of benzene rings is 1. The van der Waals surface area contributed by atoms with Crippen LogP contribution < -0.4 is 0 Å². The number of para-hydroxylation sites is 1. The summed E-state index contributed by atoms with van der Waals surface area (Å²) >= 11 is 1.56. The van der Waals surface area contributed by atoms with Gasteiger partial charge in [0.05, 0.1) is 17.5 Å². The topological polar surface area (TPSA) is 28.7 Å². The predicted molar refractivity (Wildman–Crippen MR) is 62.1 cm³/mol. The van der Waals surface area contributed by atoms with Gasteiger partial charge in [-0.1, -0.05) is 12.1 Å². The maximum absolute atomic E-state index is 8.57. The van der Waals surface area contributed by atoms with E-state index in [-0.39, 0.29) is 0 Å². The van der Waals surface area contributed by atoms with Gasteiger partial charge < -0.3 is 4.57 Å². The Bertz CT molecular complexity index is 469. The van der Waals surface area contributed by atoms with Crippen molar-refractivity contribution >= 4 is 11.8 Å². The lowest BCUT2D eigenvalue weighted by atomic mass is 10.3. The Morgan fingerprint density at radius 3 is 2.60 bits per heavy atom. The van der Waals surface area contributed by atoms with Crippen LogP contribution in [0.3, 0.4) is 0 Å². The van der Waals surface area contributed by atoms with Gasteiger partial charge in [-0.2, -0.15) is 5.26 Å². The largest absolute Gasteiger partial charge is 0.323 e. The highest BCUT2D eigenvalue weighted by atomic mass is 32.2. The predicted octanol–water partition coefficient (Wildman–Crippen LogP) is 3.09. The van der Waals surface area contributed by atoms with Crippen LogP contribution in [0.1, 0.15) is 0 Å². The Balaban J connectivity index is 2.35. The van der Waals surface area contributed by atoms with Gasteiger partial charge in [0.25, 0.3) is 0 Å². The number of thioether (sulfide) groups is 1. The molecule has 0 aliphatic rings. The summed E-state index contributed by atoms with van der Waals surface area (Å²) in [6, 6.07) is 14.2. The van der Waals surface area contributed by atoms with Crippen LogP contribution in [0.25, 0.3) is 5.69 Å². The van der Waals surface area contributed by atoms with E-state index in [0.29, 0.717) is 5.75 Å². The first-order chi connectivity index (χ1) is 7.42. The molecule has 0 saturated heterocycles. The van der Waals surface area contributed by atoms with Crippen molar-refractivity contribution in [3.05, 3.63) is 48.8 Å². The van der Waals surface area contributed by atoms with Crippen molar-refractivity contribution in [3.8, 4) is 11.8 Å². The Hall–Kier alpha value is -1.66. The fourth-order valence-corrected chi connectivity index (χ4v) is 2.11. The number of aromatic nitrogens is 1. The lowest BCUT2D eigenvalue weighted by Crippen LogP contribution is -1.92. The third-order valence-corrected chi connectivity index (χ3v) is 2.97. The van der Waals surface area contributed by atoms with Gasteiger partial charge in [-0.3, -0.25) is 0 Å². The SMILES string of the molecule is N#CCSc1ccccc1-n1cccc1. The summed E-state index contributed by atoms with van der Waals surface area (Å²) in [5, 5.41) is 8.57. The van der Waals surface area contributed by atoms with Gasteiger partial charge in [0.2, 0.25) is 0 Å². The molecule has 1 heterocycles. The number of hydrogen-bond acceptors (Lipinski definition) is 2. The molecule has 0 fully saturated rings. The van der Waals surface area contributed by atoms with Crippen molar-refractivity contribution in [2.75, 3.05) is 5.75 Å². The monoisotopic (exact) mass is 214 g/mol. The fraction of sp³-hybridized carbons (Fsp3) is 0.0833. The first kappa shape index (κ1) is 9.88. The molecule has 0 N–H and O–H groups in total. The van der Waals surface area contributed by atoms with E-state index >= 15 is 0 Å². The summed E-state index contributed by atoms with van der Waals surface area (Å²) in [6.07, 6.45) is 4.01. The van der Waals surface area contributed by atoms with E-state index in [0.717, 1.165) is 10.6 Å². The second-order valence-electron chi connectivity index (χ2n) is 3.00. The summed E-state index contributed by atoms with van der Waals surface area (Å²) in [5.41, 5.74) is 1.13. The van der Waals surface area contributed by atoms with Gasteiger partial charge in [0.15, 0.2) is 0 Å². The molecule has 0 unspecified atom stereocenters. The van der Waals surface area contributed by atoms with Crippen LogP contribution in [0.2, 0.25) is 0 Å². The van der Waals surface area contributed by atoms with E-state index in [1.54, 1.807) is 11.8 Å². The van der Waals surface area contributed by atoms with Crippen LogP contribution in [0.4, 0.5) is 0 Å². The van der Waals surface area contributed by atoms with E-state index in [9.17, 15) is 0 Å². The van der Waals surface area contributed by atoms with E-state index in [4.69, 9.17) is 5.26 Å². The third kappa shape index (κ3) is 2.23. The minimum absolute atomic E-state index is 0.484. The normalized spacial score (nSPS) is 9.80. The molecule has 2 aromatic rings. The lowest BCUT2D eigenvalue weighted by Gasteiger charge is -2.08. The average Bonchev–Trinajstić information content (AvgIpc) is 2.80. The van der Waals surface area contributed by atoms with Crippen LogP contribution in [0, 0.1) is 11.3 Å². The van der Waals surface area contributed by atoms with Crippen LogP contribution in [-0.2, 0) is 0 Å². The smallest absolute Gasteiger partial charge is 0.0856 e. The van der Waals surface area contributed by atoms with Crippen LogP contribution in [0.15, 0.2) is 53.7 Å². The highest BCUT2D eigenvalue weighted by Gasteiger charge is 2.02. The van der Waals surface area contributed by atoms with Crippen molar-refractivity contribution in [3.63, 3.8) is 0 Å². The molecule has 0 aliphatic carbocycles. The molecule has 0 bridgehead atoms. The molecule has 1 aromatic heterocycles. The van der Waals surface area contributed by atoms with Crippen molar-refractivity contribution in [1.82, 2.24) is 4.57 Å². The van der Waals surface area contributed by atoms with Gasteiger partial charge >= 0.3 is 0 Å². The Morgan fingerprint density at radius 1 is 1.13 bits per heavy atom. The zero-order valence-corrected chi connectivity index (χ0v) is 8.95. The van der Waals surface area contributed by atoms with E-state index < -0.39 is 0 Å². The van der Waals surface area contributed by atoms with Crippen LogP contribution in [0.5, 0.6) is 0 Å². The molecule has 0 saturated carbocycles. The minimum Gasteiger partial charge on any atom is -0.323 e. The molecule has 0 aliphatic heterocycles. The summed E-state index contributed by atoms with van der Waals surface area (Å²) in [5.74, 6) is 0.484. The van der Waals surface area contributed by atoms with E-state index in [1.807, 2.05) is 42.7 Å². The number of nitrogens with zero attached hydrogens (tertiary/aromatic N) is 2. The third-order valence-electron chi connectivity index (χ3n) is 2.04. The van der Waals surface area contributed by atoms with E-state index in [2.05, 4.69) is 16.7 Å². The van der Waals surface area contributed by atoms with E-state index in [1.165, 1.54) is 0 Å².